The Kier molecular flexibility index (Phi) is 6.67. The van der Waals surface area contributed by atoms with Gasteiger partial charge in [0.2, 0.25) is 0 Å². The molecular weight excluding hydrogens is 479 g/mol. The fourth-order valence-electron chi connectivity index (χ4n) is 3.27. The molecule has 0 spiro atoms. The Hall–Kier alpha value is -3.69. The highest BCUT2D eigenvalue weighted by Gasteiger charge is 2.18. The van der Waals surface area contributed by atoms with Crippen LogP contribution in [0.15, 0.2) is 90.3 Å². The largest absolute Gasteiger partial charge is 0.346 e. The molecule has 0 radical (unpaired) electrons. The first-order valence-corrected chi connectivity index (χ1v) is 12.1. The zero-order chi connectivity index (χ0) is 24.3. The maximum Gasteiger partial charge on any atom is 0.261 e. The number of carbonyl (C=O) groups excluding carboxylic acids is 1. The SMILES string of the molecule is CC(NC(=O)c1ccc(Cl)c(NS(=O)(=O)c2ccc(F)cc2)c1)c1ccc(-n2ccnc2)cc1. The van der Waals surface area contributed by atoms with Crippen molar-refractivity contribution in [1.82, 2.24) is 14.9 Å². The monoisotopic (exact) mass is 498 g/mol. The maximum atomic E-state index is 13.1. The highest BCUT2D eigenvalue weighted by atomic mass is 35.5. The minimum atomic E-state index is -4.02. The summed E-state index contributed by atoms with van der Waals surface area (Å²) in [4.78, 5) is 16.7. The lowest BCUT2D eigenvalue weighted by Crippen LogP contribution is -2.26. The topological polar surface area (TPSA) is 93.1 Å². The minimum Gasteiger partial charge on any atom is -0.346 e. The Bertz CT molecular complexity index is 1410. The molecule has 1 aromatic heterocycles. The van der Waals surface area contributed by atoms with E-state index in [1.807, 2.05) is 42.0 Å². The molecule has 34 heavy (non-hydrogen) atoms. The summed E-state index contributed by atoms with van der Waals surface area (Å²) >= 11 is 6.15. The molecule has 1 amide bonds. The zero-order valence-corrected chi connectivity index (χ0v) is 19.5. The summed E-state index contributed by atoms with van der Waals surface area (Å²) in [6, 6.07) is 16.0. The number of benzene rings is 3. The Balaban J connectivity index is 1.48. The predicted octanol–water partition coefficient (Wildman–Crippen LogP) is 4.96. The van der Waals surface area contributed by atoms with Crippen LogP contribution < -0.4 is 10.0 Å². The number of rotatable bonds is 7. The number of nitrogens with one attached hydrogen (secondary N) is 2. The van der Waals surface area contributed by atoms with E-state index < -0.39 is 21.7 Å². The first-order valence-electron chi connectivity index (χ1n) is 10.2. The van der Waals surface area contributed by atoms with Gasteiger partial charge in [0.05, 0.1) is 28.0 Å². The minimum absolute atomic E-state index is 0.0379. The number of anilines is 1. The Morgan fingerprint density at radius 2 is 1.76 bits per heavy atom. The second-order valence-electron chi connectivity index (χ2n) is 7.51. The van der Waals surface area contributed by atoms with E-state index in [4.69, 9.17) is 11.6 Å². The maximum absolute atomic E-state index is 13.1. The lowest BCUT2D eigenvalue weighted by Gasteiger charge is -2.16. The Labute approximate surface area is 201 Å². The summed E-state index contributed by atoms with van der Waals surface area (Å²) < 4.78 is 42.6. The van der Waals surface area contributed by atoms with Crippen molar-refractivity contribution in [3.05, 3.63) is 107 Å². The predicted molar refractivity (Wildman–Crippen MR) is 128 cm³/mol. The zero-order valence-electron chi connectivity index (χ0n) is 17.9. The van der Waals surface area contributed by atoms with E-state index in [0.29, 0.717) is 0 Å². The fourth-order valence-corrected chi connectivity index (χ4v) is 4.56. The summed E-state index contributed by atoms with van der Waals surface area (Å²) in [5.74, 6) is -0.953. The van der Waals surface area contributed by atoms with Crippen LogP contribution in [0.5, 0.6) is 0 Å². The summed E-state index contributed by atoms with van der Waals surface area (Å²) in [5.41, 5.74) is 2.10. The van der Waals surface area contributed by atoms with Crippen LogP contribution in [0.4, 0.5) is 10.1 Å². The average Bonchev–Trinajstić information content (AvgIpc) is 3.36. The molecule has 4 rings (SSSR count). The third-order valence-electron chi connectivity index (χ3n) is 5.14. The Morgan fingerprint density at radius 1 is 1.06 bits per heavy atom. The van der Waals surface area contributed by atoms with E-state index in [1.54, 1.807) is 12.5 Å². The number of hydrogen-bond acceptors (Lipinski definition) is 4. The van der Waals surface area contributed by atoms with Gasteiger partial charge in [-0.15, -0.1) is 0 Å². The van der Waals surface area contributed by atoms with Gasteiger partial charge in [0.15, 0.2) is 0 Å². The van der Waals surface area contributed by atoms with Crippen molar-refractivity contribution in [1.29, 1.82) is 0 Å². The van der Waals surface area contributed by atoms with Gasteiger partial charge in [0.1, 0.15) is 5.82 Å². The van der Waals surface area contributed by atoms with Gasteiger partial charge in [0, 0.05) is 23.6 Å². The summed E-state index contributed by atoms with van der Waals surface area (Å²) in [6.07, 6.45) is 5.22. The molecule has 0 aliphatic heterocycles. The number of sulfonamides is 1. The molecule has 0 aliphatic carbocycles. The third-order valence-corrected chi connectivity index (χ3v) is 6.85. The molecular formula is C24H20ClFN4O3S. The molecule has 4 aromatic rings. The van der Waals surface area contributed by atoms with E-state index in [9.17, 15) is 17.6 Å². The summed E-state index contributed by atoms with van der Waals surface area (Å²) in [7, 11) is -4.02. The van der Waals surface area contributed by atoms with Crippen LogP contribution in [0.2, 0.25) is 5.02 Å². The fraction of sp³-hybridized carbons (Fsp3) is 0.0833. The van der Waals surface area contributed by atoms with Crippen LogP contribution in [0, 0.1) is 5.82 Å². The van der Waals surface area contributed by atoms with Crippen LogP contribution >= 0.6 is 11.6 Å². The van der Waals surface area contributed by atoms with Crippen molar-refractivity contribution >= 4 is 33.2 Å². The third kappa shape index (κ3) is 5.27. The van der Waals surface area contributed by atoms with Gasteiger partial charge in [0.25, 0.3) is 15.9 Å². The van der Waals surface area contributed by atoms with Gasteiger partial charge in [-0.2, -0.15) is 0 Å². The molecule has 3 aromatic carbocycles. The second kappa shape index (κ2) is 9.66. The smallest absolute Gasteiger partial charge is 0.261 e. The van der Waals surface area contributed by atoms with E-state index in [-0.39, 0.29) is 27.2 Å². The van der Waals surface area contributed by atoms with Gasteiger partial charge in [-0.25, -0.2) is 17.8 Å². The number of aromatic nitrogens is 2. The molecule has 0 aliphatic rings. The molecule has 1 atom stereocenters. The highest BCUT2D eigenvalue weighted by Crippen LogP contribution is 2.26. The van der Waals surface area contributed by atoms with Gasteiger partial charge in [-0.05, 0) is 67.1 Å². The average molecular weight is 499 g/mol. The van der Waals surface area contributed by atoms with Crippen LogP contribution in [-0.4, -0.2) is 23.9 Å². The molecule has 1 heterocycles. The van der Waals surface area contributed by atoms with Crippen molar-refractivity contribution in [3.8, 4) is 5.69 Å². The molecule has 2 N–H and O–H groups in total. The molecule has 1 unspecified atom stereocenters. The number of amides is 1. The van der Waals surface area contributed by atoms with Crippen molar-refractivity contribution in [2.24, 2.45) is 0 Å². The molecule has 7 nitrogen and oxygen atoms in total. The van der Waals surface area contributed by atoms with Gasteiger partial charge in [-0.3, -0.25) is 9.52 Å². The van der Waals surface area contributed by atoms with Crippen LogP contribution in [-0.2, 0) is 10.0 Å². The highest BCUT2D eigenvalue weighted by molar-refractivity contribution is 7.92. The van der Waals surface area contributed by atoms with Gasteiger partial charge < -0.3 is 9.88 Å². The van der Waals surface area contributed by atoms with E-state index in [1.165, 1.54) is 18.2 Å². The Morgan fingerprint density at radius 3 is 2.41 bits per heavy atom. The quantitative estimate of drug-likeness (QED) is 0.377. The number of carbonyl (C=O) groups is 1. The molecule has 174 valence electrons. The molecule has 10 heteroatoms. The second-order valence-corrected chi connectivity index (χ2v) is 9.60. The lowest BCUT2D eigenvalue weighted by atomic mass is 10.1. The summed E-state index contributed by atoms with van der Waals surface area (Å²) in [5, 5.41) is 3.01. The number of nitrogens with zero attached hydrogens (tertiary/aromatic N) is 2. The van der Waals surface area contributed by atoms with E-state index in [0.717, 1.165) is 35.5 Å². The van der Waals surface area contributed by atoms with Crippen molar-refractivity contribution in [3.63, 3.8) is 0 Å². The van der Waals surface area contributed by atoms with E-state index in [2.05, 4.69) is 15.0 Å². The van der Waals surface area contributed by atoms with Gasteiger partial charge >= 0.3 is 0 Å². The van der Waals surface area contributed by atoms with Crippen LogP contribution in [0.25, 0.3) is 5.69 Å². The molecule has 0 saturated heterocycles. The molecule has 0 saturated carbocycles. The first-order chi connectivity index (χ1) is 16.2. The molecule has 0 bridgehead atoms. The number of hydrogen-bond donors (Lipinski definition) is 2. The first kappa shape index (κ1) is 23.5. The lowest BCUT2D eigenvalue weighted by molar-refractivity contribution is 0.0940. The number of imidazole rings is 1. The summed E-state index contributed by atoms with van der Waals surface area (Å²) in [6.45, 7) is 1.85. The molecule has 0 fully saturated rings. The van der Waals surface area contributed by atoms with Crippen LogP contribution in [0.3, 0.4) is 0 Å². The standard InChI is InChI=1S/C24H20ClFN4O3S/c1-16(17-2-7-20(8-3-17)30-13-12-27-15-30)28-24(31)18-4-11-22(25)23(14-18)29-34(32,33)21-9-5-19(26)6-10-21/h2-16,29H,1H3,(H,28,31). The van der Waals surface area contributed by atoms with Crippen molar-refractivity contribution in [2.75, 3.05) is 4.72 Å². The van der Waals surface area contributed by atoms with Crippen molar-refractivity contribution in [2.45, 2.75) is 17.9 Å². The van der Waals surface area contributed by atoms with E-state index >= 15 is 0 Å². The van der Waals surface area contributed by atoms with Crippen molar-refractivity contribution < 1.29 is 17.6 Å². The number of halogens is 2. The van der Waals surface area contributed by atoms with Gasteiger partial charge in [-0.1, -0.05) is 23.7 Å². The van der Waals surface area contributed by atoms with Crippen LogP contribution in [0.1, 0.15) is 28.9 Å². The normalized spacial score (nSPS) is 12.2.